The molecule has 0 fully saturated rings. The van der Waals surface area contributed by atoms with Crippen LogP contribution in [0.5, 0.6) is 0 Å². The highest BCUT2D eigenvalue weighted by Crippen LogP contribution is 2.24. The van der Waals surface area contributed by atoms with Gasteiger partial charge in [0, 0.05) is 16.7 Å². The normalized spacial score (nSPS) is 10.8. The molecule has 0 aliphatic rings. The van der Waals surface area contributed by atoms with Crippen LogP contribution in [0.2, 0.25) is 0 Å². The largest absolute Gasteiger partial charge is 0.381 e. The molecule has 2 aromatic rings. The van der Waals surface area contributed by atoms with Crippen LogP contribution in [0, 0.1) is 6.92 Å². The first-order chi connectivity index (χ1) is 9.08. The van der Waals surface area contributed by atoms with E-state index in [0.29, 0.717) is 5.92 Å². The third-order valence-corrected chi connectivity index (χ3v) is 4.26. The maximum Gasteiger partial charge on any atom is 0.0400 e. The number of hydrogen-bond acceptors (Lipinski definition) is 1. The van der Waals surface area contributed by atoms with Crippen LogP contribution in [-0.2, 0) is 6.54 Å². The molecule has 0 unspecified atom stereocenters. The smallest absolute Gasteiger partial charge is 0.0400 e. The fraction of sp³-hybridized carbons (Fsp3) is 0.294. The molecule has 19 heavy (non-hydrogen) atoms. The Balaban J connectivity index is 2.04. The first kappa shape index (κ1) is 14.1. The highest BCUT2D eigenvalue weighted by atomic mass is 79.9. The summed E-state index contributed by atoms with van der Waals surface area (Å²) in [5.74, 6) is 0.592. The molecule has 100 valence electrons. The van der Waals surface area contributed by atoms with Crippen molar-refractivity contribution in [1.29, 1.82) is 0 Å². The lowest BCUT2D eigenvalue weighted by atomic mass is 10.0. The highest BCUT2D eigenvalue weighted by Gasteiger charge is 2.02. The van der Waals surface area contributed by atoms with E-state index >= 15 is 0 Å². The Hall–Kier alpha value is -1.28. The second-order valence-electron chi connectivity index (χ2n) is 5.16. The zero-order valence-electron chi connectivity index (χ0n) is 11.7. The van der Waals surface area contributed by atoms with Gasteiger partial charge in [0.15, 0.2) is 0 Å². The minimum atomic E-state index is 0.592. The molecule has 0 radical (unpaired) electrons. The molecule has 0 atom stereocenters. The maximum atomic E-state index is 3.56. The molecule has 2 aromatic carbocycles. The third-order valence-electron chi connectivity index (χ3n) is 3.40. The molecule has 0 spiro atoms. The number of halogens is 1. The molecule has 0 aromatic heterocycles. The Bertz CT molecular complexity index is 544. The summed E-state index contributed by atoms with van der Waals surface area (Å²) in [6.07, 6.45) is 0. The van der Waals surface area contributed by atoms with Gasteiger partial charge in [-0.25, -0.2) is 0 Å². The number of hydrogen-bond donors (Lipinski definition) is 1. The topological polar surface area (TPSA) is 12.0 Å². The van der Waals surface area contributed by atoms with Crippen LogP contribution in [0.4, 0.5) is 5.69 Å². The van der Waals surface area contributed by atoms with Gasteiger partial charge >= 0.3 is 0 Å². The number of nitrogens with one attached hydrogen (secondary N) is 1. The van der Waals surface area contributed by atoms with Crippen molar-refractivity contribution in [2.45, 2.75) is 33.2 Å². The van der Waals surface area contributed by atoms with E-state index in [9.17, 15) is 0 Å². The Kier molecular flexibility index (Phi) is 4.65. The molecule has 0 amide bonds. The van der Waals surface area contributed by atoms with Crippen molar-refractivity contribution in [3.8, 4) is 0 Å². The Morgan fingerprint density at radius 2 is 1.74 bits per heavy atom. The summed E-state index contributed by atoms with van der Waals surface area (Å²) < 4.78 is 1.15. The van der Waals surface area contributed by atoms with Crippen molar-refractivity contribution in [1.82, 2.24) is 0 Å². The fourth-order valence-electron chi connectivity index (χ4n) is 2.02. The first-order valence-electron chi connectivity index (χ1n) is 6.65. The van der Waals surface area contributed by atoms with E-state index in [2.05, 4.69) is 84.5 Å². The monoisotopic (exact) mass is 317 g/mol. The zero-order valence-corrected chi connectivity index (χ0v) is 13.3. The molecule has 0 saturated carbocycles. The lowest BCUT2D eigenvalue weighted by molar-refractivity contribution is 0.865. The second-order valence-corrected chi connectivity index (χ2v) is 6.02. The molecule has 1 nitrogen and oxygen atoms in total. The van der Waals surface area contributed by atoms with Crippen LogP contribution >= 0.6 is 15.9 Å². The van der Waals surface area contributed by atoms with Crippen LogP contribution in [0.3, 0.4) is 0 Å². The van der Waals surface area contributed by atoms with Crippen molar-refractivity contribution in [2.75, 3.05) is 5.32 Å². The molecule has 0 aliphatic heterocycles. The third kappa shape index (κ3) is 3.60. The van der Waals surface area contributed by atoms with Crippen LogP contribution in [0.15, 0.2) is 46.9 Å². The van der Waals surface area contributed by atoms with Gasteiger partial charge in [-0.05, 0) is 41.7 Å². The predicted molar refractivity (Wildman–Crippen MR) is 86.7 cm³/mol. The zero-order chi connectivity index (χ0) is 13.8. The van der Waals surface area contributed by atoms with E-state index in [1.807, 2.05) is 0 Å². The van der Waals surface area contributed by atoms with E-state index in [1.54, 1.807) is 0 Å². The fourth-order valence-corrected chi connectivity index (χ4v) is 2.38. The summed E-state index contributed by atoms with van der Waals surface area (Å²) in [6.45, 7) is 7.42. The number of benzene rings is 2. The van der Waals surface area contributed by atoms with E-state index in [-0.39, 0.29) is 0 Å². The molecule has 1 N–H and O–H groups in total. The lowest BCUT2D eigenvalue weighted by Gasteiger charge is -2.12. The van der Waals surface area contributed by atoms with Crippen molar-refractivity contribution in [3.05, 3.63) is 63.6 Å². The summed E-state index contributed by atoms with van der Waals surface area (Å²) >= 11 is 3.56. The summed E-state index contributed by atoms with van der Waals surface area (Å²) in [5.41, 5.74) is 5.13. The van der Waals surface area contributed by atoms with Gasteiger partial charge in [-0.3, -0.25) is 0 Å². The van der Waals surface area contributed by atoms with Gasteiger partial charge in [0.05, 0.1) is 0 Å². The highest BCUT2D eigenvalue weighted by molar-refractivity contribution is 9.10. The Morgan fingerprint density at radius 3 is 2.37 bits per heavy atom. The molecular formula is C17H20BrN. The van der Waals surface area contributed by atoms with Crippen molar-refractivity contribution >= 4 is 21.6 Å². The molecule has 2 heteroatoms. The van der Waals surface area contributed by atoms with Gasteiger partial charge in [-0.1, -0.05) is 60.1 Å². The molecule has 0 heterocycles. The van der Waals surface area contributed by atoms with E-state index in [1.165, 1.54) is 22.4 Å². The minimum absolute atomic E-state index is 0.592. The standard InChI is InChI=1S/C17H20BrN/c1-12(2)15-9-7-14(8-10-15)11-19-17-6-4-5-16(18)13(17)3/h4-10,12,19H,11H2,1-3H3. The van der Waals surface area contributed by atoms with Crippen molar-refractivity contribution < 1.29 is 0 Å². The average Bonchev–Trinajstić information content (AvgIpc) is 2.41. The minimum Gasteiger partial charge on any atom is -0.381 e. The van der Waals surface area contributed by atoms with Crippen molar-refractivity contribution in [3.63, 3.8) is 0 Å². The Morgan fingerprint density at radius 1 is 1.05 bits per heavy atom. The predicted octanol–water partition coefficient (Wildman–Crippen LogP) is 5.49. The van der Waals surface area contributed by atoms with Crippen LogP contribution < -0.4 is 5.32 Å². The summed E-state index contributed by atoms with van der Waals surface area (Å²) in [4.78, 5) is 0. The SMILES string of the molecule is Cc1c(Br)cccc1NCc1ccc(C(C)C)cc1. The number of rotatable bonds is 4. The first-order valence-corrected chi connectivity index (χ1v) is 7.45. The summed E-state index contributed by atoms with van der Waals surface area (Å²) in [6, 6.07) is 15.1. The van der Waals surface area contributed by atoms with Gasteiger partial charge in [0.1, 0.15) is 0 Å². The lowest BCUT2D eigenvalue weighted by Crippen LogP contribution is -2.01. The molecular weight excluding hydrogens is 298 g/mol. The quantitative estimate of drug-likeness (QED) is 0.785. The average molecular weight is 318 g/mol. The van der Waals surface area contributed by atoms with Crippen LogP contribution in [-0.4, -0.2) is 0 Å². The number of anilines is 1. The van der Waals surface area contributed by atoms with Gasteiger partial charge in [-0.15, -0.1) is 0 Å². The van der Waals surface area contributed by atoms with E-state index in [0.717, 1.165) is 11.0 Å². The van der Waals surface area contributed by atoms with Gasteiger partial charge in [0.25, 0.3) is 0 Å². The summed E-state index contributed by atoms with van der Waals surface area (Å²) in [5, 5.41) is 3.49. The van der Waals surface area contributed by atoms with Gasteiger partial charge in [-0.2, -0.15) is 0 Å². The Labute approximate surface area is 124 Å². The van der Waals surface area contributed by atoms with Crippen LogP contribution in [0.25, 0.3) is 0 Å². The van der Waals surface area contributed by atoms with Crippen LogP contribution in [0.1, 0.15) is 36.5 Å². The maximum absolute atomic E-state index is 3.56. The van der Waals surface area contributed by atoms with Crippen molar-refractivity contribution in [2.24, 2.45) is 0 Å². The van der Waals surface area contributed by atoms with E-state index in [4.69, 9.17) is 0 Å². The summed E-state index contributed by atoms with van der Waals surface area (Å²) in [7, 11) is 0. The van der Waals surface area contributed by atoms with E-state index < -0.39 is 0 Å². The molecule has 2 rings (SSSR count). The second kappa shape index (κ2) is 6.25. The molecule has 0 bridgehead atoms. The van der Waals surface area contributed by atoms with Gasteiger partial charge in [0.2, 0.25) is 0 Å². The molecule has 0 saturated heterocycles. The molecule has 0 aliphatic carbocycles. The van der Waals surface area contributed by atoms with Gasteiger partial charge < -0.3 is 5.32 Å².